The Kier molecular flexibility index (Phi) is 6.92. The van der Waals surface area contributed by atoms with Crippen molar-refractivity contribution in [1.29, 1.82) is 0 Å². The van der Waals surface area contributed by atoms with Gasteiger partial charge in [0.05, 0.1) is 17.6 Å². The van der Waals surface area contributed by atoms with Crippen LogP contribution in [0.15, 0.2) is 24.4 Å². The van der Waals surface area contributed by atoms with Gasteiger partial charge < -0.3 is 5.11 Å². The van der Waals surface area contributed by atoms with E-state index in [0.29, 0.717) is 16.4 Å². The van der Waals surface area contributed by atoms with Crippen LogP contribution in [-0.2, 0) is 21.9 Å². The summed E-state index contributed by atoms with van der Waals surface area (Å²) in [4.78, 5) is 24.7. The van der Waals surface area contributed by atoms with Crippen molar-refractivity contribution in [2.75, 3.05) is 6.26 Å². The van der Waals surface area contributed by atoms with Crippen molar-refractivity contribution in [3.05, 3.63) is 35.1 Å². The number of aromatic nitrogens is 3. The normalized spacial score (nSPS) is 11.3. The molecule has 0 saturated carbocycles. The first-order chi connectivity index (χ1) is 12.2. The van der Waals surface area contributed by atoms with Crippen molar-refractivity contribution in [1.82, 2.24) is 19.5 Å². The number of carbonyl (C=O) groups is 2. The molecule has 2 heterocycles. The first-order valence-corrected chi connectivity index (χ1v) is 8.96. The lowest BCUT2D eigenvalue weighted by molar-refractivity contribution is -0.192. The Bertz CT molecular complexity index is 959. The number of hydrogen-bond donors (Lipinski definition) is 2. The first kappa shape index (κ1) is 22.4. The van der Waals surface area contributed by atoms with Gasteiger partial charge in [-0.3, -0.25) is 14.5 Å². The monoisotopic (exact) mass is 428 g/mol. The smallest absolute Gasteiger partial charge is 0.475 e. The van der Waals surface area contributed by atoms with Crippen LogP contribution in [0.5, 0.6) is 0 Å². The maximum atomic E-state index is 11.7. The summed E-state index contributed by atoms with van der Waals surface area (Å²) in [5.41, 5.74) is 1.06. The minimum absolute atomic E-state index is 0.0188. The predicted molar refractivity (Wildman–Crippen MR) is 87.4 cm³/mol. The van der Waals surface area contributed by atoms with Gasteiger partial charge in [-0.25, -0.2) is 17.9 Å². The number of hydrogen-bond acceptors (Lipinski definition) is 6. The summed E-state index contributed by atoms with van der Waals surface area (Å²) in [6, 6.07) is 4.69. The Hall–Kier alpha value is -2.67. The van der Waals surface area contributed by atoms with Crippen molar-refractivity contribution in [3.63, 3.8) is 0 Å². The van der Waals surface area contributed by atoms with Crippen molar-refractivity contribution in [3.8, 4) is 11.4 Å². The molecule has 0 aromatic carbocycles. The van der Waals surface area contributed by atoms with E-state index in [2.05, 4.69) is 10.1 Å². The van der Waals surface area contributed by atoms with Crippen LogP contribution in [0, 0.1) is 0 Å². The average Bonchev–Trinajstić information content (AvgIpc) is 2.87. The number of nitrogens with one attached hydrogen (secondary N) is 1. The molecule has 0 saturated heterocycles. The molecule has 0 aliphatic carbocycles. The molecule has 0 radical (unpaired) electrons. The number of carboxylic acid groups (broad SMARTS) is 1. The largest absolute Gasteiger partial charge is 0.490 e. The highest BCUT2D eigenvalue weighted by Gasteiger charge is 2.38. The minimum Gasteiger partial charge on any atom is -0.475 e. The summed E-state index contributed by atoms with van der Waals surface area (Å²) in [6.45, 7) is 0. The third-order valence-electron chi connectivity index (χ3n) is 2.62. The fourth-order valence-electron chi connectivity index (χ4n) is 1.58. The topological polar surface area (TPSA) is 131 Å². The van der Waals surface area contributed by atoms with E-state index in [1.54, 1.807) is 19.2 Å². The van der Waals surface area contributed by atoms with E-state index in [-0.39, 0.29) is 5.69 Å². The van der Waals surface area contributed by atoms with Gasteiger partial charge in [-0.1, -0.05) is 11.6 Å². The van der Waals surface area contributed by atoms with Crippen LogP contribution in [0.4, 0.5) is 13.2 Å². The molecule has 2 aromatic rings. The molecule has 0 unspecified atom stereocenters. The molecular weight excluding hydrogens is 417 g/mol. The zero-order valence-corrected chi connectivity index (χ0v) is 15.2. The van der Waals surface area contributed by atoms with Gasteiger partial charge in [0, 0.05) is 18.3 Å². The lowest BCUT2D eigenvalue weighted by Crippen LogP contribution is -2.29. The van der Waals surface area contributed by atoms with Crippen LogP contribution in [0.1, 0.15) is 10.5 Å². The SMILES string of the molecule is Cn1nc(C(=O)NS(C)(=O)=O)cc1-c1cc(Cl)ccn1.O=C(O)C(F)(F)F. The summed E-state index contributed by atoms with van der Waals surface area (Å²) in [6.07, 6.45) is -2.66. The van der Waals surface area contributed by atoms with Crippen molar-refractivity contribution in [2.24, 2.45) is 7.05 Å². The second kappa shape index (κ2) is 8.35. The van der Waals surface area contributed by atoms with Crippen molar-refractivity contribution < 1.29 is 36.3 Å². The van der Waals surface area contributed by atoms with Gasteiger partial charge >= 0.3 is 12.1 Å². The molecule has 148 valence electrons. The summed E-state index contributed by atoms with van der Waals surface area (Å²) < 4.78 is 57.1. The molecule has 0 atom stereocenters. The molecule has 0 aliphatic heterocycles. The number of sulfonamides is 1. The standard InChI is InChI=1S/C11H11ClN4O3S.C2HF3O2/c1-16-10(8-5-7(12)3-4-13-8)6-9(14-16)11(17)15-20(2,18)19;3-2(4,5)1(6)7/h3-6H,1-2H3,(H,15,17);(H,6,7). The van der Waals surface area contributed by atoms with Gasteiger partial charge in [-0.2, -0.15) is 18.3 Å². The number of halogens is 4. The van der Waals surface area contributed by atoms with Crippen LogP contribution in [-0.4, -0.2) is 52.6 Å². The van der Waals surface area contributed by atoms with Crippen LogP contribution in [0.25, 0.3) is 11.4 Å². The number of aliphatic carboxylic acids is 1. The van der Waals surface area contributed by atoms with E-state index in [1.165, 1.54) is 16.9 Å². The lowest BCUT2D eigenvalue weighted by Gasteiger charge is -2.00. The van der Waals surface area contributed by atoms with E-state index in [9.17, 15) is 26.4 Å². The summed E-state index contributed by atoms with van der Waals surface area (Å²) in [5.74, 6) is -3.55. The Morgan fingerprint density at radius 3 is 2.30 bits per heavy atom. The molecule has 2 aromatic heterocycles. The maximum absolute atomic E-state index is 11.7. The molecule has 2 N–H and O–H groups in total. The van der Waals surface area contributed by atoms with Crippen molar-refractivity contribution in [2.45, 2.75) is 6.18 Å². The van der Waals surface area contributed by atoms with Gasteiger partial charge in [0.2, 0.25) is 10.0 Å². The number of rotatable bonds is 3. The predicted octanol–water partition coefficient (Wildman–Crippen LogP) is 1.46. The number of alkyl halides is 3. The van der Waals surface area contributed by atoms with Crippen molar-refractivity contribution >= 4 is 33.5 Å². The van der Waals surface area contributed by atoms with Gasteiger partial charge in [0.25, 0.3) is 5.91 Å². The number of carboxylic acids is 1. The lowest BCUT2D eigenvalue weighted by atomic mass is 10.2. The fourth-order valence-corrected chi connectivity index (χ4v) is 2.18. The van der Waals surface area contributed by atoms with E-state index in [0.717, 1.165) is 6.26 Å². The molecule has 9 nitrogen and oxygen atoms in total. The molecule has 1 amide bonds. The van der Waals surface area contributed by atoms with Crippen LogP contribution < -0.4 is 4.72 Å². The quantitative estimate of drug-likeness (QED) is 0.756. The molecule has 0 spiro atoms. The first-order valence-electron chi connectivity index (χ1n) is 6.69. The summed E-state index contributed by atoms with van der Waals surface area (Å²) in [5, 5.41) is 11.6. The number of amides is 1. The molecule has 0 aliphatic rings. The molecule has 0 bridgehead atoms. The molecule has 0 fully saturated rings. The van der Waals surface area contributed by atoms with Gasteiger partial charge in [0.15, 0.2) is 5.69 Å². The average molecular weight is 429 g/mol. The molecular formula is C13H12ClF3N4O5S. The van der Waals surface area contributed by atoms with Gasteiger partial charge in [-0.05, 0) is 18.2 Å². The van der Waals surface area contributed by atoms with E-state index in [1.807, 2.05) is 4.72 Å². The highest BCUT2D eigenvalue weighted by atomic mass is 35.5. The number of nitrogens with zero attached hydrogens (tertiary/aromatic N) is 3. The Labute approximate surface area is 155 Å². The molecule has 27 heavy (non-hydrogen) atoms. The summed E-state index contributed by atoms with van der Waals surface area (Å²) in [7, 11) is -2.01. The number of pyridine rings is 1. The fraction of sp³-hybridized carbons (Fsp3) is 0.231. The van der Waals surface area contributed by atoms with E-state index in [4.69, 9.17) is 21.5 Å². The van der Waals surface area contributed by atoms with Gasteiger partial charge in [-0.15, -0.1) is 0 Å². The third-order valence-corrected chi connectivity index (χ3v) is 3.41. The second-order valence-corrected chi connectivity index (χ2v) is 7.09. The van der Waals surface area contributed by atoms with Crippen LogP contribution >= 0.6 is 11.6 Å². The highest BCUT2D eigenvalue weighted by Crippen LogP contribution is 2.20. The van der Waals surface area contributed by atoms with E-state index < -0.39 is 28.1 Å². The summed E-state index contributed by atoms with van der Waals surface area (Å²) >= 11 is 5.88. The number of aryl methyl sites for hydroxylation is 1. The second-order valence-electron chi connectivity index (χ2n) is 4.90. The van der Waals surface area contributed by atoms with Gasteiger partial charge in [0.1, 0.15) is 0 Å². The highest BCUT2D eigenvalue weighted by molar-refractivity contribution is 7.89. The number of carbonyl (C=O) groups excluding carboxylic acids is 1. The maximum Gasteiger partial charge on any atom is 0.490 e. The zero-order valence-electron chi connectivity index (χ0n) is 13.7. The Morgan fingerprint density at radius 2 is 1.85 bits per heavy atom. The zero-order chi connectivity index (χ0) is 21.0. The molecule has 2 rings (SSSR count). The molecule has 14 heteroatoms. The Morgan fingerprint density at radius 1 is 1.30 bits per heavy atom. The van der Waals surface area contributed by atoms with E-state index >= 15 is 0 Å². The Balaban J connectivity index is 0.000000445. The van der Waals surface area contributed by atoms with Crippen LogP contribution in [0.2, 0.25) is 5.02 Å². The van der Waals surface area contributed by atoms with Crippen LogP contribution in [0.3, 0.4) is 0 Å². The minimum atomic E-state index is -5.08. The third kappa shape index (κ3) is 7.22.